The Morgan fingerprint density at radius 3 is 3.09 bits per heavy atom. The normalized spacial score (nSPS) is 11.1. The van der Waals surface area contributed by atoms with Crippen LogP contribution in [0.15, 0.2) is 50.2 Å². The van der Waals surface area contributed by atoms with Crippen LogP contribution >= 0.6 is 34.4 Å². The second-order valence-corrected chi connectivity index (χ2v) is 7.22. The summed E-state index contributed by atoms with van der Waals surface area (Å²) in [6.07, 6.45) is 1.65. The minimum Gasteiger partial charge on any atom is -0.467 e. The van der Waals surface area contributed by atoms with Crippen molar-refractivity contribution in [2.24, 2.45) is 0 Å². The summed E-state index contributed by atoms with van der Waals surface area (Å²) in [5.74, 6) is 1.56. The third-order valence-electron chi connectivity index (χ3n) is 3.05. The molecule has 0 spiro atoms. The Labute approximate surface area is 144 Å². The summed E-state index contributed by atoms with van der Waals surface area (Å²) in [6, 6.07) is 5.85. The van der Waals surface area contributed by atoms with Crippen LogP contribution in [0.3, 0.4) is 0 Å². The number of aromatic nitrogens is 5. The maximum Gasteiger partial charge on any atom is 0.210 e. The van der Waals surface area contributed by atoms with E-state index < -0.39 is 0 Å². The van der Waals surface area contributed by atoms with Gasteiger partial charge in [0.05, 0.1) is 12.0 Å². The predicted molar refractivity (Wildman–Crippen MR) is 90.6 cm³/mol. The zero-order valence-electron chi connectivity index (χ0n) is 11.8. The van der Waals surface area contributed by atoms with Gasteiger partial charge in [-0.05, 0) is 34.0 Å². The minimum absolute atomic E-state index is 0.527. The third kappa shape index (κ3) is 3.36. The number of hydrogen-bond donors (Lipinski definition) is 0. The fraction of sp³-hybridized carbons (Fsp3) is 0.143. The van der Waals surface area contributed by atoms with Crippen molar-refractivity contribution in [2.75, 3.05) is 0 Å². The lowest BCUT2D eigenvalue weighted by molar-refractivity contribution is 0.462. The summed E-state index contributed by atoms with van der Waals surface area (Å²) in [4.78, 5) is 4.67. The van der Waals surface area contributed by atoms with Gasteiger partial charge in [0.1, 0.15) is 17.3 Å². The molecule has 0 saturated heterocycles. The highest BCUT2D eigenvalue weighted by Crippen LogP contribution is 2.28. The van der Waals surface area contributed by atoms with Gasteiger partial charge in [-0.3, -0.25) is 0 Å². The Kier molecular flexibility index (Phi) is 4.22. The number of thiazole rings is 1. The number of thiophene rings is 1. The monoisotopic (exact) mass is 361 g/mol. The van der Waals surface area contributed by atoms with Crippen molar-refractivity contribution >= 4 is 34.4 Å². The molecule has 0 radical (unpaired) electrons. The molecule has 4 heterocycles. The van der Waals surface area contributed by atoms with Crippen molar-refractivity contribution in [2.45, 2.75) is 17.5 Å². The second-order valence-electron chi connectivity index (χ2n) is 4.64. The van der Waals surface area contributed by atoms with E-state index in [1.165, 1.54) is 5.56 Å². The van der Waals surface area contributed by atoms with Gasteiger partial charge in [0.25, 0.3) is 0 Å². The first-order chi connectivity index (χ1) is 11.4. The van der Waals surface area contributed by atoms with E-state index in [0.29, 0.717) is 6.54 Å². The van der Waals surface area contributed by atoms with E-state index in [9.17, 15) is 0 Å². The highest BCUT2D eigenvalue weighted by molar-refractivity contribution is 7.98. The number of hydrogen-bond acceptors (Lipinski definition) is 8. The van der Waals surface area contributed by atoms with Crippen molar-refractivity contribution in [3.63, 3.8) is 0 Å². The summed E-state index contributed by atoms with van der Waals surface area (Å²) in [7, 11) is 0. The molecule has 0 aliphatic carbocycles. The number of nitrogens with zero attached hydrogens (tertiary/aromatic N) is 5. The van der Waals surface area contributed by atoms with Gasteiger partial charge in [-0.25, -0.2) is 9.67 Å². The third-order valence-corrected chi connectivity index (χ3v) is 5.67. The van der Waals surface area contributed by atoms with E-state index >= 15 is 0 Å². The SMILES string of the molecule is c1coc(Cn2nnnc2SCc2csc(-c3ccsc3)n2)c1. The first kappa shape index (κ1) is 14.6. The van der Waals surface area contributed by atoms with Crippen LogP contribution in [0.5, 0.6) is 0 Å². The van der Waals surface area contributed by atoms with Gasteiger partial charge in [-0.2, -0.15) is 11.3 Å². The number of rotatable bonds is 6. The molecule has 0 N–H and O–H groups in total. The Hall–Kier alpha value is -1.97. The lowest BCUT2D eigenvalue weighted by atomic mass is 10.4. The lowest BCUT2D eigenvalue weighted by Gasteiger charge is -2.01. The minimum atomic E-state index is 0.527. The van der Waals surface area contributed by atoms with Crippen LogP contribution in [0.25, 0.3) is 10.6 Å². The van der Waals surface area contributed by atoms with Crippen molar-refractivity contribution < 1.29 is 4.42 Å². The molecule has 0 bridgehead atoms. The average Bonchev–Trinajstić information content (AvgIpc) is 3.34. The summed E-state index contributed by atoms with van der Waals surface area (Å²) in [6.45, 7) is 0.527. The van der Waals surface area contributed by atoms with E-state index in [4.69, 9.17) is 4.42 Å². The first-order valence-electron chi connectivity index (χ1n) is 6.77. The van der Waals surface area contributed by atoms with Crippen LogP contribution in [-0.4, -0.2) is 25.2 Å². The molecule has 116 valence electrons. The lowest BCUT2D eigenvalue weighted by Crippen LogP contribution is -2.03. The molecule has 23 heavy (non-hydrogen) atoms. The Morgan fingerprint density at radius 1 is 1.26 bits per heavy atom. The summed E-state index contributed by atoms with van der Waals surface area (Å²) in [5.41, 5.74) is 2.22. The highest BCUT2D eigenvalue weighted by Gasteiger charge is 2.11. The van der Waals surface area contributed by atoms with E-state index in [0.717, 1.165) is 27.4 Å². The first-order valence-corrected chi connectivity index (χ1v) is 9.57. The Morgan fingerprint density at radius 2 is 2.26 bits per heavy atom. The molecule has 0 saturated carbocycles. The molecule has 0 unspecified atom stereocenters. The maximum atomic E-state index is 5.33. The topological polar surface area (TPSA) is 69.6 Å². The molecule has 0 fully saturated rings. The molecule has 0 amide bonds. The Balaban J connectivity index is 1.43. The zero-order valence-corrected chi connectivity index (χ0v) is 14.3. The van der Waals surface area contributed by atoms with Gasteiger partial charge < -0.3 is 4.42 Å². The summed E-state index contributed by atoms with van der Waals surface area (Å²) >= 11 is 4.91. The van der Waals surface area contributed by atoms with Gasteiger partial charge >= 0.3 is 0 Å². The molecule has 4 aromatic heterocycles. The predicted octanol–water partition coefficient (Wildman–Crippen LogP) is 3.79. The average molecular weight is 361 g/mol. The molecule has 4 aromatic rings. The van der Waals surface area contributed by atoms with Crippen molar-refractivity contribution in [1.82, 2.24) is 25.2 Å². The maximum absolute atomic E-state index is 5.33. The fourth-order valence-electron chi connectivity index (χ4n) is 1.98. The van der Waals surface area contributed by atoms with E-state index in [1.807, 2.05) is 12.1 Å². The summed E-state index contributed by atoms with van der Waals surface area (Å²) < 4.78 is 7.07. The van der Waals surface area contributed by atoms with Gasteiger partial charge in [-0.1, -0.05) is 11.8 Å². The molecule has 0 aliphatic heterocycles. The fourth-order valence-corrected chi connectivity index (χ4v) is 4.39. The highest BCUT2D eigenvalue weighted by atomic mass is 32.2. The van der Waals surface area contributed by atoms with Crippen molar-refractivity contribution in [1.29, 1.82) is 0 Å². The number of tetrazole rings is 1. The van der Waals surface area contributed by atoms with Crippen LogP contribution < -0.4 is 0 Å². The van der Waals surface area contributed by atoms with Crippen LogP contribution in [0.4, 0.5) is 0 Å². The number of furan rings is 1. The van der Waals surface area contributed by atoms with Gasteiger partial charge in [-0.15, -0.1) is 16.4 Å². The molecule has 9 heteroatoms. The molecule has 0 aromatic carbocycles. The van der Waals surface area contributed by atoms with Crippen molar-refractivity contribution in [3.05, 3.63) is 52.1 Å². The quantitative estimate of drug-likeness (QED) is 0.487. The molecule has 6 nitrogen and oxygen atoms in total. The summed E-state index contributed by atoms with van der Waals surface area (Å²) in [5, 5.41) is 19.9. The Bertz CT molecular complexity index is 866. The number of thioether (sulfide) groups is 1. The van der Waals surface area contributed by atoms with E-state index in [2.05, 4.69) is 42.7 Å². The second kappa shape index (κ2) is 6.65. The van der Waals surface area contributed by atoms with Crippen LogP contribution in [0, 0.1) is 0 Å². The largest absolute Gasteiger partial charge is 0.467 e. The van der Waals surface area contributed by atoms with Crippen LogP contribution in [0.1, 0.15) is 11.5 Å². The van der Waals surface area contributed by atoms with Crippen LogP contribution in [0.2, 0.25) is 0 Å². The van der Waals surface area contributed by atoms with E-state index in [-0.39, 0.29) is 0 Å². The molecule has 4 rings (SSSR count). The molecular weight excluding hydrogens is 350 g/mol. The van der Waals surface area contributed by atoms with Crippen molar-refractivity contribution in [3.8, 4) is 10.6 Å². The standard InChI is InChI=1S/C14H11N5OS3/c1-2-12(20-4-1)6-19-14(16-17-18-19)23-9-11-8-22-13(15-11)10-3-5-21-7-10/h1-5,7-8H,6,9H2. The molecular formula is C14H11N5OS3. The van der Waals surface area contributed by atoms with Gasteiger partial charge in [0.15, 0.2) is 0 Å². The van der Waals surface area contributed by atoms with Crippen LogP contribution in [-0.2, 0) is 12.3 Å². The molecule has 0 atom stereocenters. The zero-order chi connectivity index (χ0) is 15.5. The van der Waals surface area contributed by atoms with Gasteiger partial charge in [0, 0.05) is 22.1 Å². The van der Waals surface area contributed by atoms with E-state index in [1.54, 1.807) is 45.4 Å². The van der Waals surface area contributed by atoms with Gasteiger partial charge in [0.2, 0.25) is 5.16 Å². The molecule has 0 aliphatic rings. The smallest absolute Gasteiger partial charge is 0.210 e.